The van der Waals surface area contributed by atoms with Crippen LogP contribution < -0.4 is 10.6 Å². The van der Waals surface area contributed by atoms with E-state index in [1.165, 1.54) is 36.2 Å². The average Bonchev–Trinajstić information content (AvgIpc) is 3.02. The van der Waals surface area contributed by atoms with Crippen molar-refractivity contribution in [3.63, 3.8) is 0 Å². The Morgan fingerprint density at radius 1 is 1.17 bits per heavy atom. The summed E-state index contributed by atoms with van der Waals surface area (Å²) in [5.74, 6) is 0.693. The second-order valence-corrected chi connectivity index (χ2v) is 7.47. The van der Waals surface area contributed by atoms with E-state index >= 15 is 0 Å². The molecule has 2 unspecified atom stereocenters. The second-order valence-electron chi connectivity index (χ2n) is 7.47. The van der Waals surface area contributed by atoms with E-state index in [0.29, 0.717) is 12.0 Å². The van der Waals surface area contributed by atoms with Gasteiger partial charge in [-0.2, -0.15) is 0 Å². The van der Waals surface area contributed by atoms with Gasteiger partial charge in [0.25, 0.3) is 0 Å². The zero-order valence-corrected chi connectivity index (χ0v) is 14.2. The Labute approximate surface area is 144 Å². The van der Waals surface area contributed by atoms with Gasteiger partial charge >= 0.3 is 0 Å². The van der Waals surface area contributed by atoms with Crippen LogP contribution in [0.5, 0.6) is 0 Å². The number of dihydropyridines is 1. The van der Waals surface area contributed by atoms with Crippen LogP contribution in [0.15, 0.2) is 76.2 Å². The summed E-state index contributed by atoms with van der Waals surface area (Å²) in [4.78, 5) is 0. The van der Waals surface area contributed by atoms with Gasteiger partial charge in [-0.1, -0.05) is 36.4 Å². The lowest BCUT2D eigenvalue weighted by atomic mass is 9.73. The summed E-state index contributed by atoms with van der Waals surface area (Å²) in [6, 6.07) is 11.2. The molecule has 2 nitrogen and oxygen atoms in total. The number of benzene rings is 1. The highest BCUT2D eigenvalue weighted by Gasteiger charge is 2.37. The Kier molecular flexibility index (Phi) is 3.19. The van der Waals surface area contributed by atoms with E-state index in [2.05, 4.69) is 60.0 Å². The van der Waals surface area contributed by atoms with Crippen LogP contribution in [0.2, 0.25) is 0 Å². The van der Waals surface area contributed by atoms with E-state index in [9.17, 15) is 0 Å². The molecule has 0 saturated carbocycles. The molecule has 122 valence electrons. The molecule has 0 amide bonds. The van der Waals surface area contributed by atoms with Gasteiger partial charge in [-0.3, -0.25) is 0 Å². The average molecular weight is 316 g/mol. The normalized spacial score (nSPS) is 27.7. The van der Waals surface area contributed by atoms with Gasteiger partial charge in [-0.15, -0.1) is 0 Å². The topological polar surface area (TPSA) is 24.1 Å². The molecule has 0 aromatic heterocycles. The molecule has 2 atom stereocenters. The molecule has 0 bridgehead atoms. The third kappa shape index (κ3) is 2.16. The van der Waals surface area contributed by atoms with Gasteiger partial charge in [0.15, 0.2) is 0 Å². The number of hydrogen-bond donors (Lipinski definition) is 2. The van der Waals surface area contributed by atoms with Crippen LogP contribution in [0.25, 0.3) is 0 Å². The Balaban J connectivity index is 1.55. The maximum Gasteiger partial charge on any atom is 0.0451 e. The summed E-state index contributed by atoms with van der Waals surface area (Å²) in [6.07, 6.45) is 9.44. The van der Waals surface area contributed by atoms with Crippen LogP contribution >= 0.6 is 0 Å². The van der Waals surface area contributed by atoms with Gasteiger partial charge in [-0.05, 0) is 60.1 Å². The second kappa shape index (κ2) is 5.41. The van der Waals surface area contributed by atoms with Crippen molar-refractivity contribution in [1.29, 1.82) is 0 Å². The van der Waals surface area contributed by atoms with Gasteiger partial charge in [0.05, 0.1) is 0 Å². The van der Waals surface area contributed by atoms with Crippen molar-refractivity contribution in [3.8, 4) is 0 Å². The molecule has 1 fully saturated rings. The van der Waals surface area contributed by atoms with Crippen molar-refractivity contribution in [2.75, 3.05) is 6.54 Å². The largest absolute Gasteiger partial charge is 0.384 e. The molecular formula is C22H24N2. The molecule has 1 aromatic carbocycles. The van der Waals surface area contributed by atoms with Gasteiger partial charge in [-0.25, -0.2) is 0 Å². The molecule has 2 heteroatoms. The predicted octanol–water partition coefficient (Wildman–Crippen LogP) is 4.00. The Bertz CT molecular complexity index is 808. The van der Waals surface area contributed by atoms with Gasteiger partial charge in [0.2, 0.25) is 0 Å². The van der Waals surface area contributed by atoms with E-state index in [1.807, 2.05) is 0 Å². The number of fused-ring (bicyclic) bond motifs is 1. The number of hydrogen-bond acceptors (Lipinski definition) is 2. The van der Waals surface area contributed by atoms with Gasteiger partial charge in [0, 0.05) is 36.3 Å². The number of allylic oxidation sites excluding steroid dienone is 6. The van der Waals surface area contributed by atoms with Crippen molar-refractivity contribution in [3.05, 3.63) is 81.7 Å². The van der Waals surface area contributed by atoms with Crippen LogP contribution in [0.1, 0.15) is 31.7 Å². The fourth-order valence-corrected chi connectivity index (χ4v) is 4.85. The molecule has 24 heavy (non-hydrogen) atoms. The van der Waals surface area contributed by atoms with Crippen LogP contribution in [-0.2, 0) is 6.42 Å². The first kappa shape index (κ1) is 14.2. The molecule has 0 spiro atoms. The maximum absolute atomic E-state index is 3.76. The lowest BCUT2D eigenvalue weighted by Crippen LogP contribution is -2.35. The van der Waals surface area contributed by atoms with E-state index in [4.69, 9.17) is 0 Å². The molecule has 1 aromatic rings. The molecule has 4 aliphatic rings. The van der Waals surface area contributed by atoms with E-state index in [1.54, 1.807) is 22.3 Å². The van der Waals surface area contributed by atoms with Crippen LogP contribution in [0, 0.1) is 5.92 Å². The SMILES string of the molecule is CC1NC(Cc2ccccc2)=CC2=C1CC1CNC3=CCCC2=C31. The molecule has 1 saturated heterocycles. The van der Waals surface area contributed by atoms with E-state index in [0.717, 1.165) is 13.0 Å². The van der Waals surface area contributed by atoms with E-state index in [-0.39, 0.29) is 0 Å². The fourth-order valence-electron chi connectivity index (χ4n) is 4.85. The first-order chi connectivity index (χ1) is 11.8. The minimum atomic E-state index is 0.452. The molecule has 5 rings (SSSR count). The lowest BCUT2D eigenvalue weighted by Gasteiger charge is -2.36. The Morgan fingerprint density at radius 2 is 2.04 bits per heavy atom. The minimum Gasteiger partial charge on any atom is -0.384 e. The maximum atomic E-state index is 3.76. The zero-order chi connectivity index (χ0) is 16.1. The molecule has 2 aliphatic heterocycles. The van der Waals surface area contributed by atoms with Gasteiger partial charge < -0.3 is 10.6 Å². The highest BCUT2D eigenvalue weighted by atomic mass is 15.0. The number of nitrogens with one attached hydrogen (secondary N) is 2. The van der Waals surface area contributed by atoms with Gasteiger partial charge in [0.1, 0.15) is 0 Å². The summed E-state index contributed by atoms with van der Waals surface area (Å²) in [6.45, 7) is 3.45. The number of rotatable bonds is 2. The standard InChI is InChI=1S/C22H24N2/c1-14-19-11-16-13-23-21-9-5-8-18(22(16)21)20(19)12-17(24-14)10-15-6-3-2-4-7-15/h2-4,6-7,9,12,14,16,23-24H,5,8,10-11,13H2,1H3. The monoisotopic (exact) mass is 316 g/mol. The zero-order valence-electron chi connectivity index (χ0n) is 14.2. The van der Waals surface area contributed by atoms with Crippen molar-refractivity contribution in [2.45, 2.75) is 38.6 Å². The first-order valence-electron chi connectivity index (χ1n) is 9.21. The van der Waals surface area contributed by atoms with Crippen molar-refractivity contribution < 1.29 is 0 Å². The smallest absolute Gasteiger partial charge is 0.0451 e. The van der Waals surface area contributed by atoms with Crippen LogP contribution in [0.3, 0.4) is 0 Å². The first-order valence-corrected chi connectivity index (χ1v) is 9.21. The summed E-state index contributed by atoms with van der Waals surface area (Å²) in [7, 11) is 0. The van der Waals surface area contributed by atoms with Crippen LogP contribution in [-0.4, -0.2) is 12.6 Å². The Morgan fingerprint density at radius 3 is 2.92 bits per heavy atom. The third-order valence-electron chi connectivity index (χ3n) is 5.92. The summed E-state index contributed by atoms with van der Waals surface area (Å²) < 4.78 is 0. The highest BCUT2D eigenvalue weighted by Crippen LogP contribution is 2.47. The Hall–Kier alpha value is -2.22. The molecular weight excluding hydrogens is 292 g/mol. The summed E-state index contributed by atoms with van der Waals surface area (Å²) in [5.41, 5.74) is 10.6. The minimum absolute atomic E-state index is 0.452. The molecule has 0 radical (unpaired) electrons. The lowest BCUT2D eigenvalue weighted by molar-refractivity contribution is 0.554. The van der Waals surface area contributed by atoms with Crippen molar-refractivity contribution in [2.24, 2.45) is 5.92 Å². The molecule has 2 aliphatic carbocycles. The fraction of sp³-hybridized carbons (Fsp3) is 0.364. The molecule has 2 heterocycles. The summed E-state index contributed by atoms with van der Waals surface area (Å²) >= 11 is 0. The third-order valence-corrected chi connectivity index (χ3v) is 5.92. The predicted molar refractivity (Wildman–Crippen MR) is 98.3 cm³/mol. The van der Waals surface area contributed by atoms with Crippen molar-refractivity contribution in [1.82, 2.24) is 10.6 Å². The van der Waals surface area contributed by atoms with Crippen LogP contribution in [0.4, 0.5) is 0 Å². The summed E-state index contributed by atoms with van der Waals surface area (Å²) in [5, 5.41) is 7.40. The highest BCUT2D eigenvalue weighted by molar-refractivity contribution is 5.61. The molecule has 2 N–H and O–H groups in total. The quantitative estimate of drug-likeness (QED) is 0.862. The van der Waals surface area contributed by atoms with Crippen molar-refractivity contribution >= 4 is 0 Å². The van der Waals surface area contributed by atoms with E-state index < -0.39 is 0 Å².